The van der Waals surface area contributed by atoms with Crippen LogP contribution in [0, 0.1) is 12.8 Å². The third kappa shape index (κ3) is 5.70. The molecule has 0 aliphatic carbocycles. The minimum atomic E-state index is 0.114. The summed E-state index contributed by atoms with van der Waals surface area (Å²) in [5.74, 6) is 0.674. The van der Waals surface area contributed by atoms with Crippen LogP contribution in [0.4, 0.5) is 0 Å². The highest BCUT2D eigenvalue weighted by atomic mass is 16.1. The molecule has 1 aliphatic rings. The number of rotatable bonds is 7. The molecule has 0 unspecified atom stereocenters. The Hall–Kier alpha value is -2.14. The number of aromatic nitrogens is 2. The van der Waals surface area contributed by atoms with E-state index in [0.717, 1.165) is 50.3 Å². The first-order chi connectivity index (χ1) is 12.6. The van der Waals surface area contributed by atoms with Gasteiger partial charge in [-0.2, -0.15) is 5.10 Å². The molecular formula is C21H30N4O. The van der Waals surface area contributed by atoms with Crippen molar-refractivity contribution in [2.24, 2.45) is 5.92 Å². The number of likely N-dealkylation sites (tertiary alicyclic amines) is 1. The van der Waals surface area contributed by atoms with E-state index in [1.807, 2.05) is 19.9 Å². The fourth-order valence-electron chi connectivity index (χ4n) is 3.73. The van der Waals surface area contributed by atoms with Gasteiger partial charge in [0.2, 0.25) is 5.91 Å². The molecule has 1 atom stereocenters. The third-order valence-corrected chi connectivity index (χ3v) is 5.11. The van der Waals surface area contributed by atoms with Gasteiger partial charge in [0.05, 0.1) is 5.69 Å². The summed E-state index contributed by atoms with van der Waals surface area (Å²) < 4.78 is 0. The van der Waals surface area contributed by atoms with Crippen LogP contribution in [0.3, 0.4) is 0 Å². The first-order valence-electron chi connectivity index (χ1n) is 9.65. The number of nitrogens with zero attached hydrogens (tertiary/aromatic N) is 2. The molecule has 0 bridgehead atoms. The van der Waals surface area contributed by atoms with Crippen molar-refractivity contribution in [1.29, 1.82) is 0 Å². The molecule has 1 fully saturated rings. The van der Waals surface area contributed by atoms with Gasteiger partial charge in [-0.25, -0.2) is 0 Å². The van der Waals surface area contributed by atoms with Gasteiger partial charge in [0.1, 0.15) is 0 Å². The van der Waals surface area contributed by atoms with Crippen molar-refractivity contribution in [3.63, 3.8) is 0 Å². The molecule has 26 heavy (non-hydrogen) atoms. The zero-order valence-electron chi connectivity index (χ0n) is 15.9. The first-order valence-corrected chi connectivity index (χ1v) is 9.65. The number of benzene rings is 1. The molecule has 5 nitrogen and oxygen atoms in total. The zero-order chi connectivity index (χ0) is 18.4. The highest BCUT2D eigenvalue weighted by molar-refractivity contribution is 5.76. The van der Waals surface area contributed by atoms with Gasteiger partial charge in [0, 0.05) is 31.1 Å². The average molecular weight is 354 g/mol. The molecule has 3 rings (SSSR count). The van der Waals surface area contributed by atoms with Crippen LogP contribution < -0.4 is 5.32 Å². The minimum Gasteiger partial charge on any atom is -0.353 e. The van der Waals surface area contributed by atoms with Gasteiger partial charge in [-0.1, -0.05) is 30.3 Å². The van der Waals surface area contributed by atoms with Crippen LogP contribution in [0.25, 0.3) is 0 Å². The van der Waals surface area contributed by atoms with Crippen molar-refractivity contribution in [2.75, 3.05) is 13.1 Å². The summed E-state index contributed by atoms with van der Waals surface area (Å²) in [5.41, 5.74) is 3.43. The molecule has 1 aromatic carbocycles. The lowest BCUT2D eigenvalue weighted by Gasteiger charge is -2.31. The Morgan fingerprint density at radius 1 is 1.31 bits per heavy atom. The number of carbonyl (C=O) groups excluding carboxylic acids is 1. The summed E-state index contributed by atoms with van der Waals surface area (Å²) in [6.07, 6.45) is 3.62. The van der Waals surface area contributed by atoms with E-state index in [-0.39, 0.29) is 11.9 Å². The fourth-order valence-corrected chi connectivity index (χ4v) is 3.73. The van der Waals surface area contributed by atoms with Gasteiger partial charge in [-0.05, 0) is 57.3 Å². The predicted octanol–water partition coefficient (Wildman–Crippen LogP) is 3.07. The van der Waals surface area contributed by atoms with Crippen molar-refractivity contribution in [3.8, 4) is 0 Å². The SMILES string of the molecule is Cc1cc(C[C@@H](C)NC(=O)CC2CCN(Cc3ccccc3)CC2)n[nH]1. The van der Waals surface area contributed by atoms with Crippen LogP contribution in [-0.4, -0.2) is 40.1 Å². The number of hydrogen-bond donors (Lipinski definition) is 2. The summed E-state index contributed by atoms with van der Waals surface area (Å²) in [6.45, 7) is 7.21. The standard InChI is InChI=1S/C21H30N4O/c1-16(12-20-13-17(2)23-24-20)22-21(26)14-18-8-10-25(11-9-18)15-19-6-4-3-5-7-19/h3-7,13,16,18H,8-12,14-15H2,1-2H3,(H,22,26)(H,23,24)/t16-/m1/s1. The van der Waals surface area contributed by atoms with Crippen LogP contribution in [-0.2, 0) is 17.8 Å². The van der Waals surface area contributed by atoms with Gasteiger partial charge in [-0.15, -0.1) is 0 Å². The average Bonchev–Trinajstić information content (AvgIpc) is 3.02. The molecular weight excluding hydrogens is 324 g/mol. The van der Waals surface area contributed by atoms with Crippen molar-refractivity contribution in [2.45, 2.75) is 52.1 Å². The van der Waals surface area contributed by atoms with Gasteiger partial charge >= 0.3 is 0 Å². The molecule has 2 heterocycles. The third-order valence-electron chi connectivity index (χ3n) is 5.11. The smallest absolute Gasteiger partial charge is 0.220 e. The molecule has 1 aliphatic heterocycles. The lowest BCUT2D eigenvalue weighted by Crippen LogP contribution is -2.38. The molecule has 5 heteroatoms. The number of carbonyl (C=O) groups is 1. The first kappa shape index (κ1) is 18.6. The Morgan fingerprint density at radius 2 is 2.04 bits per heavy atom. The Kier molecular flexibility index (Phi) is 6.45. The Morgan fingerprint density at radius 3 is 2.69 bits per heavy atom. The second-order valence-corrected chi connectivity index (χ2v) is 7.62. The summed E-state index contributed by atoms with van der Waals surface area (Å²) in [6, 6.07) is 12.8. The quantitative estimate of drug-likeness (QED) is 0.803. The number of aromatic amines is 1. The van der Waals surface area contributed by atoms with E-state index >= 15 is 0 Å². The van der Waals surface area contributed by atoms with Crippen LogP contribution in [0.15, 0.2) is 36.4 Å². The van der Waals surface area contributed by atoms with Crippen LogP contribution in [0.2, 0.25) is 0 Å². The van der Waals surface area contributed by atoms with Crippen molar-refractivity contribution < 1.29 is 4.79 Å². The summed E-state index contributed by atoms with van der Waals surface area (Å²) in [4.78, 5) is 14.8. The highest BCUT2D eigenvalue weighted by Gasteiger charge is 2.22. The molecule has 1 saturated heterocycles. The second-order valence-electron chi connectivity index (χ2n) is 7.62. The van der Waals surface area contributed by atoms with Crippen LogP contribution >= 0.6 is 0 Å². The van der Waals surface area contributed by atoms with Gasteiger partial charge in [-0.3, -0.25) is 14.8 Å². The van der Waals surface area contributed by atoms with E-state index in [1.165, 1.54) is 5.56 Å². The molecule has 1 aromatic heterocycles. The van der Waals surface area contributed by atoms with Crippen molar-refractivity contribution >= 4 is 5.91 Å². The van der Waals surface area contributed by atoms with E-state index in [4.69, 9.17) is 0 Å². The lowest BCUT2D eigenvalue weighted by atomic mass is 9.92. The Labute approximate surface area is 156 Å². The predicted molar refractivity (Wildman–Crippen MR) is 104 cm³/mol. The van der Waals surface area contributed by atoms with E-state index in [2.05, 4.69) is 50.7 Å². The molecule has 140 valence electrons. The van der Waals surface area contributed by atoms with E-state index in [9.17, 15) is 4.79 Å². The molecule has 0 radical (unpaired) electrons. The number of aryl methyl sites for hydroxylation is 1. The second kappa shape index (κ2) is 8.99. The van der Waals surface area contributed by atoms with Crippen molar-refractivity contribution in [1.82, 2.24) is 20.4 Å². The number of hydrogen-bond acceptors (Lipinski definition) is 3. The van der Waals surface area contributed by atoms with Crippen molar-refractivity contribution in [3.05, 3.63) is 53.3 Å². The maximum atomic E-state index is 12.3. The number of nitrogens with one attached hydrogen (secondary N) is 2. The molecule has 2 aromatic rings. The number of H-pyrrole nitrogens is 1. The monoisotopic (exact) mass is 354 g/mol. The number of amides is 1. The lowest BCUT2D eigenvalue weighted by molar-refractivity contribution is -0.123. The Balaban J connectivity index is 1.36. The Bertz CT molecular complexity index is 689. The molecule has 2 N–H and O–H groups in total. The van der Waals surface area contributed by atoms with Gasteiger partial charge in [0.15, 0.2) is 0 Å². The highest BCUT2D eigenvalue weighted by Crippen LogP contribution is 2.22. The summed E-state index contributed by atoms with van der Waals surface area (Å²) in [7, 11) is 0. The molecule has 0 saturated carbocycles. The van der Waals surface area contributed by atoms with E-state index < -0.39 is 0 Å². The van der Waals surface area contributed by atoms with E-state index in [0.29, 0.717) is 12.3 Å². The zero-order valence-corrected chi connectivity index (χ0v) is 15.9. The van der Waals surface area contributed by atoms with E-state index in [1.54, 1.807) is 0 Å². The topological polar surface area (TPSA) is 61.0 Å². The number of piperidine rings is 1. The summed E-state index contributed by atoms with van der Waals surface area (Å²) >= 11 is 0. The summed E-state index contributed by atoms with van der Waals surface area (Å²) in [5, 5.41) is 10.3. The fraction of sp³-hybridized carbons (Fsp3) is 0.524. The molecule has 0 spiro atoms. The largest absolute Gasteiger partial charge is 0.353 e. The minimum absolute atomic E-state index is 0.114. The maximum Gasteiger partial charge on any atom is 0.220 e. The van der Waals surface area contributed by atoms with Crippen LogP contribution in [0.1, 0.15) is 43.1 Å². The molecule has 1 amide bonds. The van der Waals surface area contributed by atoms with Gasteiger partial charge < -0.3 is 5.32 Å². The van der Waals surface area contributed by atoms with Crippen LogP contribution in [0.5, 0.6) is 0 Å². The van der Waals surface area contributed by atoms with Gasteiger partial charge in [0.25, 0.3) is 0 Å². The maximum absolute atomic E-state index is 12.3. The normalized spacial score (nSPS) is 17.2.